The summed E-state index contributed by atoms with van der Waals surface area (Å²) in [6.07, 6.45) is 1.15. The molecule has 1 nitrogen and oxygen atoms in total. The monoisotopic (exact) mass is 247 g/mol. The maximum Gasteiger partial charge on any atom is 0.0178 e. The summed E-state index contributed by atoms with van der Waals surface area (Å²) in [5, 5.41) is 0. The molecular weight excluding hydrogens is 237 g/mol. The van der Waals surface area contributed by atoms with E-state index >= 15 is 0 Å². The van der Waals surface area contributed by atoms with Gasteiger partial charge in [-0.3, -0.25) is 0 Å². The molecule has 2 N–H and O–H groups in total. The first-order chi connectivity index (χ1) is 5.27. The van der Waals surface area contributed by atoms with Crippen LogP contribution in [0.3, 0.4) is 0 Å². The smallest absolute Gasteiger partial charge is 0.0178 e. The number of nitrogens with two attached hydrogens (primary N) is 1. The molecule has 0 aliphatic heterocycles. The van der Waals surface area contributed by atoms with Gasteiger partial charge in [0.1, 0.15) is 0 Å². The highest BCUT2D eigenvalue weighted by molar-refractivity contribution is 9.10. The molecule has 0 amide bonds. The molecule has 1 fully saturated rings. The quantitative estimate of drug-likeness (QED) is 0.812. The molecule has 2 rings (SSSR count). The Bertz CT molecular complexity index is 277. The van der Waals surface area contributed by atoms with Gasteiger partial charge in [0.05, 0.1) is 0 Å². The van der Waals surface area contributed by atoms with E-state index in [1.807, 2.05) is 6.07 Å². The number of hydrogen-bond donors (Lipinski definition) is 1. The molecule has 1 saturated carbocycles. The second kappa shape index (κ2) is 3.77. The van der Waals surface area contributed by atoms with Crippen molar-refractivity contribution in [2.45, 2.75) is 18.4 Å². The standard InChI is InChI=1S/C9H10BrN.ClH/c10-7-3-1-2-6(4-7)8-5-9(8)11;/h1-4,8-9H,5,11H2;1H/t8-,9-;/m0./s1. The first-order valence-corrected chi connectivity index (χ1v) is 4.58. The number of hydrogen-bond acceptors (Lipinski definition) is 1. The SMILES string of the molecule is Cl.N[C@H]1C[C@H]1c1cccc(Br)c1. The minimum absolute atomic E-state index is 0. The molecular formula is C9H11BrClN. The Morgan fingerprint density at radius 1 is 1.42 bits per heavy atom. The molecule has 0 bridgehead atoms. The van der Waals surface area contributed by atoms with Gasteiger partial charge in [-0.25, -0.2) is 0 Å². The normalized spacial score (nSPS) is 26.2. The summed E-state index contributed by atoms with van der Waals surface area (Å²) in [6.45, 7) is 0. The Morgan fingerprint density at radius 2 is 2.08 bits per heavy atom. The van der Waals surface area contributed by atoms with Crippen LogP contribution < -0.4 is 5.73 Å². The molecule has 2 atom stereocenters. The largest absolute Gasteiger partial charge is 0.327 e. The van der Waals surface area contributed by atoms with E-state index in [9.17, 15) is 0 Å². The predicted molar refractivity (Wildman–Crippen MR) is 56.7 cm³/mol. The average Bonchev–Trinajstić information content (AvgIpc) is 2.67. The van der Waals surface area contributed by atoms with Gasteiger partial charge in [-0.2, -0.15) is 0 Å². The maximum absolute atomic E-state index is 5.73. The second-order valence-electron chi connectivity index (χ2n) is 3.06. The van der Waals surface area contributed by atoms with E-state index in [1.165, 1.54) is 5.56 Å². The lowest BCUT2D eigenvalue weighted by Crippen LogP contribution is -2.00. The van der Waals surface area contributed by atoms with Crippen molar-refractivity contribution in [1.82, 2.24) is 0 Å². The van der Waals surface area contributed by atoms with Gasteiger partial charge in [-0.1, -0.05) is 28.1 Å². The van der Waals surface area contributed by atoms with Crippen LogP contribution in [0.25, 0.3) is 0 Å². The number of benzene rings is 1. The Balaban J connectivity index is 0.000000720. The summed E-state index contributed by atoms with van der Waals surface area (Å²) in [6, 6.07) is 8.80. The van der Waals surface area contributed by atoms with Crippen LogP contribution in [0.15, 0.2) is 28.7 Å². The van der Waals surface area contributed by atoms with Crippen molar-refractivity contribution >= 4 is 28.3 Å². The highest BCUT2D eigenvalue weighted by Gasteiger charge is 2.34. The fourth-order valence-corrected chi connectivity index (χ4v) is 1.75. The molecule has 0 radical (unpaired) electrons. The van der Waals surface area contributed by atoms with Crippen LogP contribution in [0.4, 0.5) is 0 Å². The molecule has 0 aromatic heterocycles. The van der Waals surface area contributed by atoms with Crippen LogP contribution >= 0.6 is 28.3 Å². The third-order valence-corrected chi connectivity index (χ3v) is 2.61. The summed E-state index contributed by atoms with van der Waals surface area (Å²) in [5.41, 5.74) is 7.10. The van der Waals surface area contributed by atoms with Gasteiger partial charge in [-0.15, -0.1) is 12.4 Å². The van der Waals surface area contributed by atoms with Gasteiger partial charge in [-0.05, 0) is 24.1 Å². The van der Waals surface area contributed by atoms with Gasteiger partial charge in [0.15, 0.2) is 0 Å². The van der Waals surface area contributed by atoms with E-state index in [2.05, 4.69) is 34.1 Å². The van der Waals surface area contributed by atoms with Gasteiger partial charge in [0, 0.05) is 16.4 Å². The van der Waals surface area contributed by atoms with Gasteiger partial charge in [0.25, 0.3) is 0 Å². The predicted octanol–water partition coefficient (Wildman–Crippen LogP) is 2.69. The molecule has 0 spiro atoms. The first-order valence-electron chi connectivity index (χ1n) is 3.78. The highest BCUT2D eigenvalue weighted by Crippen LogP contribution is 2.39. The van der Waals surface area contributed by atoms with Gasteiger partial charge >= 0.3 is 0 Å². The lowest BCUT2D eigenvalue weighted by Gasteiger charge is -1.97. The van der Waals surface area contributed by atoms with Crippen LogP contribution in [-0.2, 0) is 0 Å². The summed E-state index contributed by atoms with van der Waals surface area (Å²) in [5.74, 6) is 0.618. The van der Waals surface area contributed by atoms with Crippen molar-refractivity contribution in [1.29, 1.82) is 0 Å². The van der Waals surface area contributed by atoms with E-state index in [-0.39, 0.29) is 12.4 Å². The van der Waals surface area contributed by atoms with E-state index in [0.29, 0.717) is 12.0 Å². The Morgan fingerprint density at radius 3 is 2.58 bits per heavy atom. The molecule has 1 aliphatic carbocycles. The number of rotatable bonds is 1. The lowest BCUT2D eigenvalue weighted by atomic mass is 10.1. The molecule has 0 unspecified atom stereocenters. The first kappa shape index (κ1) is 10.0. The fraction of sp³-hybridized carbons (Fsp3) is 0.333. The van der Waals surface area contributed by atoms with Crippen molar-refractivity contribution in [3.05, 3.63) is 34.3 Å². The molecule has 12 heavy (non-hydrogen) atoms. The molecule has 0 heterocycles. The summed E-state index contributed by atoms with van der Waals surface area (Å²) < 4.78 is 1.15. The zero-order valence-electron chi connectivity index (χ0n) is 6.53. The Kier molecular flexibility index (Phi) is 3.16. The minimum atomic E-state index is 0. The zero-order valence-corrected chi connectivity index (χ0v) is 8.94. The third kappa shape index (κ3) is 2.00. The van der Waals surface area contributed by atoms with E-state index in [4.69, 9.17) is 5.73 Å². The van der Waals surface area contributed by atoms with Crippen molar-refractivity contribution in [3.8, 4) is 0 Å². The zero-order chi connectivity index (χ0) is 7.84. The van der Waals surface area contributed by atoms with Crippen molar-refractivity contribution < 1.29 is 0 Å². The van der Waals surface area contributed by atoms with E-state index in [0.717, 1.165) is 10.9 Å². The summed E-state index contributed by atoms with van der Waals surface area (Å²) >= 11 is 3.44. The van der Waals surface area contributed by atoms with Crippen LogP contribution in [-0.4, -0.2) is 6.04 Å². The van der Waals surface area contributed by atoms with Crippen molar-refractivity contribution in [2.24, 2.45) is 5.73 Å². The lowest BCUT2D eigenvalue weighted by molar-refractivity contribution is 0.989. The van der Waals surface area contributed by atoms with Crippen LogP contribution in [0.5, 0.6) is 0 Å². The second-order valence-corrected chi connectivity index (χ2v) is 3.98. The topological polar surface area (TPSA) is 26.0 Å². The highest BCUT2D eigenvalue weighted by atomic mass is 79.9. The molecule has 1 aromatic rings. The Labute approximate surface area is 86.9 Å². The summed E-state index contributed by atoms with van der Waals surface area (Å²) in [4.78, 5) is 0. The van der Waals surface area contributed by atoms with E-state index < -0.39 is 0 Å². The van der Waals surface area contributed by atoms with E-state index in [1.54, 1.807) is 0 Å². The molecule has 1 aliphatic rings. The van der Waals surface area contributed by atoms with Gasteiger partial charge in [0.2, 0.25) is 0 Å². The van der Waals surface area contributed by atoms with Crippen molar-refractivity contribution in [2.75, 3.05) is 0 Å². The summed E-state index contributed by atoms with van der Waals surface area (Å²) in [7, 11) is 0. The fourth-order valence-electron chi connectivity index (χ4n) is 1.34. The van der Waals surface area contributed by atoms with Crippen LogP contribution in [0.2, 0.25) is 0 Å². The van der Waals surface area contributed by atoms with Gasteiger partial charge < -0.3 is 5.73 Å². The van der Waals surface area contributed by atoms with Crippen LogP contribution in [0, 0.1) is 0 Å². The van der Waals surface area contributed by atoms with Crippen molar-refractivity contribution in [3.63, 3.8) is 0 Å². The molecule has 1 aromatic carbocycles. The molecule has 3 heteroatoms. The Hall–Kier alpha value is -0.0500. The maximum atomic E-state index is 5.73. The van der Waals surface area contributed by atoms with Crippen LogP contribution in [0.1, 0.15) is 17.9 Å². The minimum Gasteiger partial charge on any atom is -0.327 e. The molecule has 66 valence electrons. The average molecular weight is 249 g/mol. The molecule has 0 saturated heterocycles. The number of halogens is 2. The third-order valence-electron chi connectivity index (χ3n) is 2.12.